The number of hydrogen-bond acceptors (Lipinski definition) is 4. The van der Waals surface area contributed by atoms with Gasteiger partial charge in [-0.15, -0.1) is 0 Å². The van der Waals surface area contributed by atoms with Gasteiger partial charge >= 0.3 is 0 Å². The molecule has 31 heavy (non-hydrogen) atoms. The smallest absolute Gasteiger partial charge is 0.220 e. The molecule has 3 rings (SSSR count). The van der Waals surface area contributed by atoms with Crippen molar-refractivity contribution < 1.29 is 14.3 Å². The first-order chi connectivity index (χ1) is 15.0. The summed E-state index contributed by atoms with van der Waals surface area (Å²) in [4.78, 5) is 18.4. The second-order valence-corrected chi connectivity index (χ2v) is 7.93. The number of nitrogens with one attached hydrogen (secondary N) is 2. The standard InChI is InChI=1S/C25H33N3O3/c1-6-17-9-7-10-18-21(16-27-24(17)18)20(15-23(29)26-13-14-28(2)3)19-11-8-12-22(30-4)25(19)31-5/h7-12,16,20,27H,6,13-15H2,1-5H3,(H,26,29)/t20-/m0/s1. The van der Waals surface area contributed by atoms with Crippen LogP contribution in [0, 0.1) is 0 Å². The molecule has 1 heterocycles. The van der Waals surface area contributed by atoms with Gasteiger partial charge in [-0.05, 0) is 37.7 Å². The van der Waals surface area contributed by atoms with E-state index >= 15 is 0 Å². The summed E-state index contributed by atoms with van der Waals surface area (Å²) < 4.78 is 11.2. The van der Waals surface area contributed by atoms with Crippen molar-refractivity contribution in [3.05, 3.63) is 59.3 Å². The number of ether oxygens (including phenoxy) is 2. The molecule has 2 N–H and O–H groups in total. The predicted molar refractivity (Wildman–Crippen MR) is 125 cm³/mol. The second kappa shape index (κ2) is 10.4. The van der Waals surface area contributed by atoms with E-state index in [1.807, 2.05) is 38.5 Å². The number of carbonyl (C=O) groups is 1. The number of fused-ring (bicyclic) bond motifs is 1. The van der Waals surface area contributed by atoms with Crippen LogP contribution in [0.25, 0.3) is 10.9 Å². The molecule has 0 spiro atoms. The first kappa shape index (κ1) is 22.7. The highest BCUT2D eigenvalue weighted by molar-refractivity contribution is 5.88. The molecule has 6 heteroatoms. The van der Waals surface area contributed by atoms with Gasteiger partial charge in [0.15, 0.2) is 11.5 Å². The quantitative estimate of drug-likeness (QED) is 0.518. The van der Waals surface area contributed by atoms with Crippen LogP contribution in [-0.4, -0.2) is 57.2 Å². The number of amides is 1. The minimum absolute atomic E-state index is 0.0118. The van der Waals surface area contributed by atoms with Gasteiger partial charge in [0, 0.05) is 48.1 Å². The monoisotopic (exact) mass is 423 g/mol. The lowest BCUT2D eigenvalue weighted by atomic mass is 9.86. The van der Waals surface area contributed by atoms with Gasteiger partial charge in [0.1, 0.15) is 0 Å². The Kier molecular flexibility index (Phi) is 7.58. The summed E-state index contributed by atoms with van der Waals surface area (Å²) in [5, 5.41) is 4.18. The molecular weight excluding hydrogens is 390 g/mol. The maximum Gasteiger partial charge on any atom is 0.220 e. The van der Waals surface area contributed by atoms with Crippen LogP contribution in [0.1, 0.15) is 36.0 Å². The highest BCUT2D eigenvalue weighted by Gasteiger charge is 2.26. The maximum atomic E-state index is 12.9. The number of methoxy groups -OCH3 is 2. The van der Waals surface area contributed by atoms with E-state index in [2.05, 4.69) is 40.3 Å². The van der Waals surface area contributed by atoms with E-state index < -0.39 is 0 Å². The van der Waals surface area contributed by atoms with Crippen LogP contribution in [0.4, 0.5) is 0 Å². The molecule has 2 aromatic carbocycles. The molecule has 0 fully saturated rings. The fourth-order valence-corrected chi connectivity index (χ4v) is 4.07. The molecule has 1 amide bonds. The minimum atomic E-state index is -0.176. The second-order valence-electron chi connectivity index (χ2n) is 7.93. The summed E-state index contributed by atoms with van der Waals surface area (Å²) >= 11 is 0. The largest absolute Gasteiger partial charge is 0.493 e. The summed E-state index contributed by atoms with van der Waals surface area (Å²) in [5.41, 5.74) is 4.41. The number of carbonyl (C=O) groups excluding carboxylic acids is 1. The third-order valence-corrected chi connectivity index (χ3v) is 5.67. The van der Waals surface area contributed by atoms with Crippen molar-refractivity contribution >= 4 is 16.8 Å². The number of likely N-dealkylation sites (N-methyl/N-ethyl adjacent to an activating group) is 1. The predicted octanol–water partition coefficient (Wildman–Crippen LogP) is 3.95. The van der Waals surface area contributed by atoms with Crippen LogP contribution >= 0.6 is 0 Å². The fraction of sp³-hybridized carbons (Fsp3) is 0.400. The Labute approximate surface area is 184 Å². The molecule has 1 aromatic heterocycles. The van der Waals surface area contributed by atoms with E-state index in [0.29, 0.717) is 24.5 Å². The number of rotatable bonds is 10. The first-order valence-corrected chi connectivity index (χ1v) is 10.7. The minimum Gasteiger partial charge on any atom is -0.493 e. The number of para-hydroxylation sites is 2. The van der Waals surface area contributed by atoms with E-state index in [4.69, 9.17) is 9.47 Å². The van der Waals surface area contributed by atoms with Gasteiger partial charge in [0.2, 0.25) is 5.91 Å². The van der Waals surface area contributed by atoms with Gasteiger partial charge in [-0.25, -0.2) is 0 Å². The molecule has 6 nitrogen and oxygen atoms in total. The Bertz CT molecular complexity index is 1030. The number of H-pyrrole nitrogens is 1. The van der Waals surface area contributed by atoms with E-state index in [1.54, 1.807) is 14.2 Å². The van der Waals surface area contributed by atoms with E-state index in [9.17, 15) is 4.79 Å². The summed E-state index contributed by atoms with van der Waals surface area (Å²) in [6.45, 7) is 3.56. The number of nitrogens with zero attached hydrogens (tertiary/aromatic N) is 1. The van der Waals surface area contributed by atoms with Crippen LogP contribution in [-0.2, 0) is 11.2 Å². The fourth-order valence-electron chi connectivity index (χ4n) is 4.07. The lowest BCUT2D eigenvalue weighted by molar-refractivity contribution is -0.121. The molecule has 0 aliphatic rings. The topological polar surface area (TPSA) is 66.6 Å². The van der Waals surface area contributed by atoms with Crippen LogP contribution in [0.15, 0.2) is 42.6 Å². The Balaban J connectivity index is 2.05. The van der Waals surface area contributed by atoms with Crippen molar-refractivity contribution in [3.63, 3.8) is 0 Å². The van der Waals surface area contributed by atoms with Crippen molar-refractivity contribution in [2.45, 2.75) is 25.7 Å². The van der Waals surface area contributed by atoms with Crippen LogP contribution in [0.5, 0.6) is 11.5 Å². The van der Waals surface area contributed by atoms with Crippen LogP contribution < -0.4 is 14.8 Å². The first-order valence-electron chi connectivity index (χ1n) is 10.7. The summed E-state index contributed by atoms with van der Waals surface area (Å²) in [6, 6.07) is 12.2. The van der Waals surface area contributed by atoms with Crippen LogP contribution in [0.3, 0.4) is 0 Å². The van der Waals surface area contributed by atoms with Crippen molar-refractivity contribution in [2.75, 3.05) is 41.4 Å². The lowest BCUT2D eigenvalue weighted by Crippen LogP contribution is -2.32. The molecule has 0 bridgehead atoms. The summed E-state index contributed by atoms with van der Waals surface area (Å²) in [7, 11) is 7.25. The molecule has 166 valence electrons. The average molecular weight is 424 g/mol. The van der Waals surface area contributed by atoms with Gasteiger partial charge in [-0.1, -0.05) is 37.3 Å². The zero-order valence-electron chi connectivity index (χ0n) is 19.1. The van der Waals surface area contributed by atoms with E-state index in [1.165, 1.54) is 5.56 Å². The highest BCUT2D eigenvalue weighted by Crippen LogP contribution is 2.42. The number of aryl methyl sites for hydroxylation is 1. The van der Waals surface area contributed by atoms with Crippen molar-refractivity contribution in [2.24, 2.45) is 0 Å². The Hall–Kier alpha value is -2.99. The molecule has 0 radical (unpaired) electrons. The molecule has 0 saturated heterocycles. The Morgan fingerprint density at radius 2 is 1.87 bits per heavy atom. The Morgan fingerprint density at radius 1 is 1.10 bits per heavy atom. The molecule has 0 saturated carbocycles. The molecule has 3 aromatic rings. The third-order valence-electron chi connectivity index (χ3n) is 5.67. The van der Waals surface area contributed by atoms with E-state index in [0.717, 1.165) is 35.0 Å². The molecular formula is C25H33N3O3. The van der Waals surface area contributed by atoms with Gasteiger partial charge in [0.05, 0.1) is 14.2 Å². The van der Waals surface area contributed by atoms with Crippen molar-refractivity contribution in [3.8, 4) is 11.5 Å². The van der Waals surface area contributed by atoms with Gasteiger partial charge in [-0.3, -0.25) is 4.79 Å². The number of benzene rings is 2. The highest BCUT2D eigenvalue weighted by atomic mass is 16.5. The van der Waals surface area contributed by atoms with Crippen molar-refractivity contribution in [1.29, 1.82) is 0 Å². The number of aromatic nitrogens is 1. The number of hydrogen-bond donors (Lipinski definition) is 2. The zero-order chi connectivity index (χ0) is 22.4. The molecule has 1 atom stereocenters. The normalized spacial score (nSPS) is 12.2. The maximum absolute atomic E-state index is 12.9. The zero-order valence-corrected chi connectivity index (χ0v) is 19.1. The van der Waals surface area contributed by atoms with Gasteiger partial charge < -0.3 is 24.7 Å². The SMILES string of the molecule is CCc1cccc2c([C@@H](CC(=O)NCCN(C)C)c3cccc(OC)c3OC)c[nH]c12. The lowest BCUT2D eigenvalue weighted by Gasteiger charge is -2.21. The van der Waals surface area contributed by atoms with Gasteiger partial charge in [0.25, 0.3) is 0 Å². The molecule has 0 aliphatic heterocycles. The van der Waals surface area contributed by atoms with Gasteiger partial charge in [-0.2, -0.15) is 0 Å². The van der Waals surface area contributed by atoms with Crippen molar-refractivity contribution in [1.82, 2.24) is 15.2 Å². The summed E-state index contributed by atoms with van der Waals surface area (Å²) in [6.07, 6.45) is 3.29. The van der Waals surface area contributed by atoms with Crippen LogP contribution in [0.2, 0.25) is 0 Å². The molecule has 0 aliphatic carbocycles. The molecule has 0 unspecified atom stereocenters. The Morgan fingerprint density at radius 3 is 2.55 bits per heavy atom. The third kappa shape index (κ3) is 5.02. The van der Waals surface area contributed by atoms with E-state index in [-0.39, 0.29) is 11.8 Å². The summed E-state index contributed by atoms with van der Waals surface area (Å²) in [5.74, 6) is 1.16. The average Bonchev–Trinajstić information content (AvgIpc) is 3.20. The number of aromatic amines is 1.